The molecule has 0 fully saturated rings. The molecule has 6 heteroatoms. The molecule has 1 aromatic carbocycles. The van der Waals surface area contributed by atoms with E-state index in [4.69, 9.17) is 5.84 Å². The van der Waals surface area contributed by atoms with E-state index in [2.05, 4.69) is 16.5 Å². The molecule has 0 spiro atoms. The summed E-state index contributed by atoms with van der Waals surface area (Å²) in [6.07, 6.45) is 3.55. The van der Waals surface area contributed by atoms with Gasteiger partial charge in [0.05, 0.1) is 10.2 Å². The molecule has 1 heterocycles. The molecule has 0 atom stereocenters. The number of nitrogens with zero attached hydrogens (tertiary/aromatic N) is 1. The fraction of sp³-hybridized carbons (Fsp3) is 0.385. The first kappa shape index (κ1) is 14.3. The number of para-hydroxylation sites is 1. The highest BCUT2D eigenvalue weighted by molar-refractivity contribution is 8.01. The topological polar surface area (TPSA) is 68.0 Å². The van der Waals surface area contributed by atoms with Crippen LogP contribution in [0.5, 0.6) is 0 Å². The van der Waals surface area contributed by atoms with E-state index in [1.165, 1.54) is 4.70 Å². The molecule has 0 saturated carbocycles. The molecule has 2 aromatic rings. The summed E-state index contributed by atoms with van der Waals surface area (Å²) < 4.78 is 2.37. The molecular weight excluding hydrogens is 278 g/mol. The minimum Gasteiger partial charge on any atom is -0.294 e. The van der Waals surface area contributed by atoms with Gasteiger partial charge in [-0.15, -0.1) is 11.3 Å². The van der Waals surface area contributed by atoms with Crippen LogP contribution in [0.4, 0.5) is 0 Å². The van der Waals surface area contributed by atoms with Gasteiger partial charge in [0.2, 0.25) is 5.91 Å². The van der Waals surface area contributed by atoms with Gasteiger partial charge in [-0.2, -0.15) is 0 Å². The number of unbranched alkanes of at least 4 members (excludes halogenated alkanes) is 2. The Morgan fingerprint density at radius 2 is 2.16 bits per heavy atom. The van der Waals surface area contributed by atoms with Gasteiger partial charge < -0.3 is 0 Å². The predicted molar refractivity (Wildman–Crippen MR) is 81.1 cm³/mol. The third-order valence-corrected chi connectivity index (χ3v) is 4.97. The second kappa shape index (κ2) is 7.47. The number of benzene rings is 1. The summed E-state index contributed by atoms with van der Waals surface area (Å²) in [6.45, 7) is 0. The molecule has 3 N–H and O–H groups in total. The van der Waals surface area contributed by atoms with Crippen molar-refractivity contribution in [2.75, 3.05) is 5.75 Å². The van der Waals surface area contributed by atoms with Crippen molar-refractivity contribution in [1.29, 1.82) is 0 Å². The van der Waals surface area contributed by atoms with Gasteiger partial charge >= 0.3 is 0 Å². The Morgan fingerprint density at radius 1 is 1.32 bits per heavy atom. The van der Waals surface area contributed by atoms with E-state index in [0.717, 1.165) is 34.9 Å². The number of hydrogen-bond acceptors (Lipinski definition) is 5. The summed E-state index contributed by atoms with van der Waals surface area (Å²) in [5, 5.41) is 0. The van der Waals surface area contributed by atoms with Gasteiger partial charge in [0.25, 0.3) is 0 Å². The van der Waals surface area contributed by atoms with Crippen LogP contribution in [0.15, 0.2) is 28.6 Å². The van der Waals surface area contributed by atoms with Gasteiger partial charge in [0.1, 0.15) is 0 Å². The van der Waals surface area contributed by atoms with Crippen molar-refractivity contribution in [1.82, 2.24) is 10.4 Å². The fourth-order valence-corrected chi connectivity index (χ4v) is 3.85. The SMILES string of the molecule is NNC(=O)CCCCCSc1nc2ccccc2s1. The molecule has 0 radical (unpaired) electrons. The molecule has 102 valence electrons. The average Bonchev–Trinajstić information content (AvgIpc) is 2.84. The summed E-state index contributed by atoms with van der Waals surface area (Å²) in [7, 11) is 0. The Morgan fingerprint density at radius 3 is 2.95 bits per heavy atom. The molecular formula is C13H17N3OS2. The first-order valence-corrected chi connectivity index (χ1v) is 8.07. The number of hydrogen-bond donors (Lipinski definition) is 2. The largest absolute Gasteiger partial charge is 0.294 e. The van der Waals surface area contributed by atoms with E-state index in [-0.39, 0.29) is 5.91 Å². The lowest BCUT2D eigenvalue weighted by Crippen LogP contribution is -2.29. The number of nitrogens with one attached hydrogen (secondary N) is 1. The van der Waals surface area contributed by atoms with E-state index >= 15 is 0 Å². The molecule has 19 heavy (non-hydrogen) atoms. The lowest BCUT2D eigenvalue weighted by atomic mass is 10.2. The molecule has 2 rings (SSSR count). The first-order chi connectivity index (χ1) is 9.29. The summed E-state index contributed by atoms with van der Waals surface area (Å²) >= 11 is 3.53. The number of fused-ring (bicyclic) bond motifs is 1. The van der Waals surface area contributed by atoms with Crippen LogP contribution in [-0.4, -0.2) is 16.6 Å². The van der Waals surface area contributed by atoms with Crippen LogP contribution in [0.3, 0.4) is 0 Å². The van der Waals surface area contributed by atoms with Crippen LogP contribution in [-0.2, 0) is 4.79 Å². The van der Waals surface area contributed by atoms with Gasteiger partial charge in [0.15, 0.2) is 4.34 Å². The minimum atomic E-state index is -0.0844. The van der Waals surface area contributed by atoms with Crippen LogP contribution >= 0.6 is 23.1 Å². The molecule has 0 aliphatic rings. The lowest BCUT2D eigenvalue weighted by Gasteiger charge is -1.99. The quantitative estimate of drug-likeness (QED) is 0.271. The van der Waals surface area contributed by atoms with Crippen LogP contribution < -0.4 is 11.3 Å². The summed E-state index contributed by atoms with van der Waals surface area (Å²) in [4.78, 5) is 15.5. The Hall–Kier alpha value is -1.11. The molecule has 0 aliphatic carbocycles. The van der Waals surface area contributed by atoms with Gasteiger partial charge in [-0.1, -0.05) is 30.3 Å². The van der Waals surface area contributed by atoms with Gasteiger partial charge in [-0.05, 0) is 25.0 Å². The van der Waals surface area contributed by atoms with Crippen molar-refractivity contribution in [3.63, 3.8) is 0 Å². The molecule has 4 nitrogen and oxygen atoms in total. The number of amides is 1. The second-order valence-corrected chi connectivity index (χ2v) is 6.55. The van der Waals surface area contributed by atoms with E-state index in [1.807, 2.05) is 18.2 Å². The minimum absolute atomic E-state index is 0.0844. The third kappa shape index (κ3) is 4.49. The predicted octanol–water partition coefficient (Wildman–Crippen LogP) is 2.94. The Bertz CT molecular complexity index is 508. The highest BCUT2D eigenvalue weighted by Gasteiger charge is 2.03. The van der Waals surface area contributed by atoms with Crippen LogP contribution in [0.2, 0.25) is 0 Å². The van der Waals surface area contributed by atoms with Gasteiger partial charge in [-0.25, -0.2) is 10.8 Å². The maximum Gasteiger partial charge on any atom is 0.233 e. The van der Waals surface area contributed by atoms with Crippen molar-refractivity contribution in [3.8, 4) is 0 Å². The molecule has 1 amide bonds. The standard InChI is InChI=1S/C13H17N3OS2/c14-16-12(17)8-2-1-5-9-18-13-15-10-6-3-4-7-11(10)19-13/h3-4,6-7H,1-2,5,8-9,14H2,(H,16,17). The molecule has 0 bridgehead atoms. The number of rotatable bonds is 7. The van der Waals surface area contributed by atoms with E-state index in [1.54, 1.807) is 23.1 Å². The fourth-order valence-electron chi connectivity index (χ4n) is 1.71. The number of thioether (sulfide) groups is 1. The van der Waals surface area contributed by atoms with Crippen molar-refractivity contribution in [2.45, 2.75) is 30.0 Å². The van der Waals surface area contributed by atoms with Crippen molar-refractivity contribution < 1.29 is 4.79 Å². The average molecular weight is 295 g/mol. The summed E-state index contributed by atoms with van der Waals surface area (Å²) in [5.41, 5.74) is 3.22. The van der Waals surface area contributed by atoms with Crippen molar-refractivity contribution in [2.24, 2.45) is 5.84 Å². The number of hydrazine groups is 1. The van der Waals surface area contributed by atoms with Crippen molar-refractivity contribution in [3.05, 3.63) is 24.3 Å². The third-order valence-electron chi connectivity index (χ3n) is 2.71. The molecule has 0 unspecified atom stereocenters. The monoisotopic (exact) mass is 295 g/mol. The zero-order chi connectivity index (χ0) is 13.5. The Balaban J connectivity index is 1.67. The maximum absolute atomic E-state index is 10.9. The van der Waals surface area contributed by atoms with Crippen LogP contribution in [0.25, 0.3) is 10.2 Å². The molecule has 0 aliphatic heterocycles. The normalized spacial score (nSPS) is 10.8. The maximum atomic E-state index is 10.9. The van der Waals surface area contributed by atoms with Gasteiger partial charge in [0, 0.05) is 12.2 Å². The van der Waals surface area contributed by atoms with Gasteiger partial charge in [-0.3, -0.25) is 10.2 Å². The van der Waals surface area contributed by atoms with Crippen LogP contribution in [0.1, 0.15) is 25.7 Å². The number of carbonyl (C=O) groups excluding carboxylic acids is 1. The highest BCUT2D eigenvalue weighted by atomic mass is 32.2. The number of thiazole rings is 1. The molecule has 0 saturated heterocycles. The van der Waals surface area contributed by atoms with E-state index in [0.29, 0.717) is 6.42 Å². The second-order valence-electron chi connectivity index (χ2n) is 4.17. The van der Waals surface area contributed by atoms with Crippen LogP contribution in [0, 0.1) is 0 Å². The summed E-state index contributed by atoms with van der Waals surface area (Å²) in [6, 6.07) is 8.19. The van der Waals surface area contributed by atoms with E-state index in [9.17, 15) is 4.79 Å². The number of aromatic nitrogens is 1. The lowest BCUT2D eigenvalue weighted by molar-refractivity contribution is -0.121. The van der Waals surface area contributed by atoms with E-state index < -0.39 is 0 Å². The number of nitrogens with two attached hydrogens (primary N) is 1. The Labute approximate surface area is 120 Å². The zero-order valence-electron chi connectivity index (χ0n) is 10.6. The molecule has 1 aromatic heterocycles. The highest BCUT2D eigenvalue weighted by Crippen LogP contribution is 2.29. The van der Waals surface area contributed by atoms with Crippen molar-refractivity contribution >= 4 is 39.2 Å². The number of carbonyl (C=O) groups is 1. The first-order valence-electron chi connectivity index (χ1n) is 6.27. The Kier molecular flexibility index (Phi) is 5.62. The zero-order valence-corrected chi connectivity index (χ0v) is 12.2. The smallest absolute Gasteiger partial charge is 0.233 e. The summed E-state index contributed by atoms with van der Waals surface area (Å²) in [5.74, 6) is 5.98.